The van der Waals surface area contributed by atoms with Gasteiger partial charge in [-0.15, -0.1) is 0 Å². The van der Waals surface area contributed by atoms with Crippen molar-refractivity contribution in [3.8, 4) is 11.5 Å². The summed E-state index contributed by atoms with van der Waals surface area (Å²) in [6.45, 7) is -3.01. The number of fused-ring (bicyclic) bond motifs is 1. The molecule has 0 saturated heterocycles. The summed E-state index contributed by atoms with van der Waals surface area (Å²) in [5, 5.41) is 3.49. The molecule has 0 aliphatic rings. The molecule has 0 aliphatic heterocycles. The molecule has 32 heavy (non-hydrogen) atoms. The summed E-state index contributed by atoms with van der Waals surface area (Å²) in [6.07, 6.45) is 0. The van der Waals surface area contributed by atoms with E-state index in [0.29, 0.717) is 17.0 Å². The van der Waals surface area contributed by atoms with E-state index in [1.54, 1.807) is 18.2 Å². The molecule has 1 amide bonds. The summed E-state index contributed by atoms with van der Waals surface area (Å²) < 4.78 is 34.8. The van der Waals surface area contributed by atoms with Gasteiger partial charge in [0.05, 0.1) is 18.1 Å². The number of aromatic nitrogens is 2. The van der Waals surface area contributed by atoms with Gasteiger partial charge < -0.3 is 19.8 Å². The number of amides is 1. The zero-order valence-electron chi connectivity index (χ0n) is 17.0. The van der Waals surface area contributed by atoms with Gasteiger partial charge in [-0.3, -0.25) is 4.79 Å². The molecular weight excluding hydrogens is 436 g/mol. The standard InChI is InChI=1S/C23H19F2N3O3S/c1-30-19-11-10-15(12-20(19)31-22(24)25)26-21(29)16-7-3-2-6-14(16)13-32-23-27-17-8-4-5-9-18(17)28-23/h2-12,22H,13H2,1H3,(H,26,29)(H,27,28). The first-order valence-electron chi connectivity index (χ1n) is 9.63. The smallest absolute Gasteiger partial charge is 0.387 e. The maximum Gasteiger partial charge on any atom is 0.387 e. The SMILES string of the molecule is COc1ccc(NC(=O)c2ccccc2CSc2nc3ccccc3[nH]2)cc1OC(F)F. The molecule has 164 valence electrons. The number of imidazole rings is 1. The number of thioether (sulfide) groups is 1. The van der Waals surface area contributed by atoms with Crippen LogP contribution < -0.4 is 14.8 Å². The second-order valence-electron chi connectivity index (χ2n) is 6.70. The number of carbonyl (C=O) groups excluding carboxylic acids is 1. The molecule has 4 aromatic rings. The Kier molecular flexibility index (Phi) is 6.55. The molecule has 3 aromatic carbocycles. The number of anilines is 1. The molecule has 0 radical (unpaired) electrons. The lowest BCUT2D eigenvalue weighted by molar-refractivity contribution is -0.0511. The lowest BCUT2D eigenvalue weighted by atomic mass is 10.1. The normalized spacial score (nSPS) is 11.0. The minimum atomic E-state index is -3.01. The maximum atomic E-state index is 12.9. The number of hydrogen-bond acceptors (Lipinski definition) is 5. The fourth-order valence-electron chi connectivity index (χ4n) is 3.15. The van der Waals surface area contributed by atoms with Crippen LogP contribution in [0, 0.1) is 0 Å². The highest BCUT2D eigenvalue weighted by Gasteiger charge is 2.15. The largest absolute Gasteiger partial charge is 0.493 e. The van der Waals surface area contributed by atoms with Gasteiger partial charge in [-0.1, -0.05) is 42.1 Å². The third-order valence-corrected chi connectivity index (χ3v) is 5.55. The fraction of sp³-hybridized carbons (Fsp3) is 0.130. The molecule has 0 fully saturated rings. The van der Waals surface area contributed by atoms with Gasteiger partial charge in [-0.25, -0.2) is 4.98 Å². The molecule has 1 heterocycles. The second-order valence-corrected chi connectivity index (χ2v) is 7.67. The topological polar surface area (TPSA) is 76.2 Å². The molecule has 0 aliphatic carbocycles. The minimum Gasteiger partial charge on any atom is -0.493 e. The number of H-pyrrole nitrogens is 1. The first-order valence-corrected chi connectivity index (χ1v) is 10.6. The van der Waals surface area contributed by atoms with E-state index in [0.717, 1.165) is 21.8 Å². The van der Waals surface area contributed by atoms with Crippen LogP contribution in [0.15, 0.2) is 71.9 Å². The van der Waals surface area contributed by atoms with Gasteiger partial charge in [0.1, 0.15) is 0 Å². The highest BCUT2D eigenvalue weighted by atomic mass is 32.2. The highest BCUT2D eigenvalue weighted by Crippen LogP contribution is 2.32. The van der Waals surface area contributed by atoms with Gasteiger partial charge in [-0.2, -0.15) is 8.78 Å². The van der Waals surface area contributed by atoms with E-state index in [-0.39, 0.29) is 17.4 Å². The second kappa shape index (κ2) is 9.69. The van der Waals surface area contributed by atoms with Crippen LogP contribution in [-0.4, -0.2) is 29.6 Å². The monoisotopic (exact) mass is 455 g/mol. The first kappa shape index (κ1) is 21.6. The van der Waals surface area contributed by atoms with Crippen LogP contribution in [0.2, 0.25) is 0 Å². The summed E-state index contributed by atoms with van der Waals surface area (Å²) in [4.78, 5) is 20.7. The molecule has 6 nitrogen and oxygen atoms in total. The van der Waals surface area contributed by atoms with Crippen LogP contribution in [-0.2, 0) is 5.75 Å². The van der Waals surface area contributed by atoms with Crippen molar-refractivity contribution in [2.24, 2.45) is 0 Å². The Morgan fingerprint density at radius 2 is 1.88 bits per heavy atom. The molecule has 2 N–H and O–H groups in total. The zero-order valence-corrected chi connectivity index (χ0v) is 17.8. The van der Waals surface area contributed by atoms with E-state index in [9.17, 15) is 13.6 Å². The van der Waals surface area contributed by atoms with Crippen molar-refractivity contribution in [1.82, 2.24) is 9.97 Å². The molecule has 9 heteroatoms. The third-order valence-electron chi connectivity index (χ3n) is 4.63. The number of aromatic amines is 1. The van der Waals surface area contributed by atoms with E-state index < -0.39 is 6.61 Å². The summed E-state index contributed by atoms with van der Waals surface area (Å²) >= 11 is 1.48. The average Bonchev–Trinajstić information content (AvgIpc) is 3.21. The van der Waals surface area contributed by atoms with Crippen molar-refractivity contribution in [3.63, 3.8) is 0 Å². The molecular formula is C23H19F2N3O3S. The summed E-state index contributed by atoms with van der Waals surface area (Å²) in [7, 11) is 1.35. The van der Waals surface area contributed by atoms with E-state index >= 15 is 0 Å². The number of alkyl halides is 2. The van der Waals surface area contributed by atoms with Crippen molar-refractivity contribution in [2.45, 2.75) is 17.5 Å². The number of rotatable bonds is 8. The lowest BCUT2D eigenvalue weighted by Gasteiger charge is -2.13. The van der Waals surface area contributed by atoms with Crippen molar-refractivity contribution < 1.29 is 23.0 Å². The van der Waals surface area contributed by atoms with Crippen LogP contribution in [0.25, 0.3) is 11.0 Å². The van der Waals surface area contributed by atoms with Crippen LogP contribution in [0.1, 0.15) is 15.9 Å². The Morgan fingerprint density at radius 1 is 1.09 bits per heavy atom. The Balaban J connectivity index is 1.50. The number of methoxy groups -OCH3 is 1. The Morgan fingerprint density at radius 3 is 2.66 bits per heavy atom. The summed E-state index contributed by atoms with van der Waals surface area (Å²) in [6, 6.07) is 19.3. The lowest BCUT2D eigenvalue weighted by Crippen LogP contribution is -2.14. The number of nitrogens with one attached hydrogen (secondary N) is 2. The molecule has 0 atom stereocenters. The quantitative estimate of drug-likeness (QED) is 0.333. The minimum absolute atomic E-state index is 0.144. The van der Waals surface area contributed by atoms with Gasteiger partial charge in [0, 0.05) is 23.1 Å². The number of nitrogens with zero attached hydrogens (tertiary/aromatic N) is 1. The van der Waals surface area contributed by atoms with E-state index in [2.05, 4.69) is 20.0 Å². The van der Waals surface area contributed by atoms with E-state index in [4.69, 9.17) is 4.74 Å². The average molecular weight is 455 g/mol. The van der Waals surface area contributed by atoms with Crippen LogP contribution in [0.3, 0.4) is 0 Å². The predicted octanol–water partition coefficient (Wildman–Crippen LogP) is 5.72. The van der Waals surface area contributed by atoms with Gasteiger partial charge in [0.2, 0.25) is 0 Å². The molecule has 0 spiro atoms. The number of hydrogen-bond donors (Lipinski definition) is 2. The van der Waals surface area contributed by atoms with Gasteiger partial charge in [0.15, 0.2) is 16.7 Å². The van der Waals surface area contributed by atoms with Crippen molar-refractivity contribution in [3.05, 3.63) is 77.9 Å². The van der Waals surface area contributed by atoms with E-state index in [1.807, 2.05) is 36.4 Å². The summed E-state index contributed by atoms with van der Waals surface area (Å²) in [5.74, 6) is 0.144. The predicted molar refractivity (Wildman–Crippen MR) is 120 cm³/mol. The Hall–Kier alpha value is -3.59. The van der Waals surface area contributed by atoms with Crippen molar-refractivity contribution in [2.75, 3.05) is 12.4 Å². The number of benzene rings is 3. The maximum absolute atomic E-state index is 12.9. The third kappa shape index (κ3) is 5.00. The number of para-hydroxylation sites is 2. The number of halogens is 2. The van der Waals surface area contributed by atoms with Gasteiger partial charge >= 0.3 is 6.61 Å². The van der Waals surface area contributed by atoms with Crippen LogP contribution in [0.4, 0.5) is 14.5 Å². The first-order chi connectivity index (χ1) is 15.5. The number of ether oxygens (including phenoxy) is 2. The Bertz CT molecular complexity index is 1210. The van der Waals surface area contributed by atoms with Crippen LogP contribution >= 0.6 is 11.8 Å². The van der Waals surface area contributed by atoms with Crippen LogP contribution in [0.5, 0.6) is 11.5 Å². The van der Waals surface area contributed by atoms with Gasteiger partial charge in [0.25, 0.3) is 5.91 Å². The van der Waals surface area contributed by atoms with Crippen molar-refractivity contribution >= 4 is 34.4 Å². The summed E-state index contributed by atoms with van der Waals surface area (Å²) in [5.41, 5.74) is 3.42. The van der Waals surface area contributed by atoms with Crippen molar-refractivity contribution in [1.29, 1.82) is 0 Å². The molecule has 4 rings (SSSR count). The molecule has 0 bridgehead atoms. The Labute approximate surface area is 187 Å². The zero-order chi connectivity index (χ0) is 22.5. The van der Waals surface area contributed by atoms with E-state index in [1.165, 1.54) is 31.0 Å². The van der Waals surface area contributed by atoms with Gasteiger partial charge in [-0.05, 0) is 35.9 Å². The molecule has 1 aromatic heterocycles. The fourth-order valence-corrected chi connectivity index (χ4v) is 4.04. The molecule has 0 unspecified atom stereocenters. The number of carbonyl (C=O) groups is 1. The molecule has 0 saturated carbocycles. The highest BCUT2D eigenvalue weighted by molar-refractivity contribution is 7.98.